The van der Waals surface area contributed by atoms with E-state index in [2.05, 4.69) is 15.6 Å². The summed E-state index contributed by atoms with van der Waals surface area (Å²) < 4.78 is 40.3. The standard InChI is InChI=1S/C22H27N5O5S/c1-31-13-12-26-20-10-9-18(15-19(20)24-25-26)33(29,30)27-11-4-3-8-21(27)22(28)23-16-6-5-7-17(14-16)32-2/h5-7,9-10,14-15,21H,3-4,8,11-13H2,1-2H3,(H,23,28)/t21-/m1/s1. The van der Waals surface area contributed by atoms with Crippen LogP contribution in [0.3, 0.4) is 0 Å². The van der Waals surface area contributed by atoms with E-state index in [1.807, 2.05) is 0 Å². The number of methoxy groups -OCH3 is 2. The largest absolute Gasteiger partial charge is 0.497 e. The summed E-state index contributed by atoms with van der Waals surface area (Å²) >= 11 is 0. The van der Waals surface area contributed by atoms with Gasteiger partial charge in [0.05, 0.1) is 30.7 Å². The molecule has 33 heavy (non-hydrogen) atoms. The van der Waals surface area contributed by atoms with E-state index < -0.39 is 16.1 Å². The predicted octanol–water partition coefficient (Wildman–Crippen LogP) is 2.27. The van der Waals surface area contributed by atoms with Crippen LogP contribution in [-0.2, 0) is 26.1 Å². The van der Waals surface area contributed by atoms with Crippen molar-refractivity contribution in [3.63, 3.8) is 0 Å². The number of benzene rings is 2. The van der Waals surface area contributed by atoms with Crippen LogP contribution in [-0.4, -0.2) is 67.0 Å². The van der Waals surface area contributed by atoms with Gasteiger partial charge in [0.25, 0.3) is 0 Å². The molecular formula is C22H27N5O5S. The summed E-state index contributed by atoms with van der Waals surface area (Å²) in [6.45, 7) is 1.26. The van der Waals surface area contributed by atoms with E-state index in [0.717, 1.165) is 11.9 Å². The summed E-state index contributed by atoms with van der Waals surface area (Å²) in [5, 5.41) is 11.0. The van der Waals surface area contributed by atoms with Crippen molar-refractivity contribution in [3.05, 3.63) is 42.5 Å². The lowest BCUT2D eigenvalue weighted by molar-refractivity contribution is -0.120. The number of piperidine rings is 1. The Hall–Kier alpha value is -3.02. The monoisotopic (exact) mass is 473 g/mol. The highest BCUT2D eigenvalue weighted by Crippen LogP contribution is 2.28. The van der Waals surface area contributed by atoms with Crippen molar-refractivity contribution in [1.29, 1.82) is 0 Å². The Balaban J connectivity index is 1.59. The van der Waals surface area contributed by atoms with Crippen LogP contribution < -0.4 is 10.1 Å². The van der Waals surface area contributed by atoms with Gasteiger partial charge < -0.3 is 14.8 Å². The Morgan fingerprint density at radius 3 is 2.82 bits per heavy atom. The van der Waals surface area contributed by atoms with Gasteiger partial charge in [-0.1, -0.05) is 17.7 Å². The minimum atomic E-state index is -3.91. The van der Waals surface area contributed by atoms with Crippen molar-refractivity contribution in [2.45, 2.75) is 36.7 Å². The van der Waals surface area contributed by atoms with Crippen LogP contribution in [0.4, 0.5) is 5.69 Å². The second-order valence-corrected chi connectivity index (χ2v) is 9.70. The van der Waals surface area contributed by atoms with Gasteiger partial charge in [-0.25, -0.2) is 13.1 Å². The lowest BCUT2D eigenvalue weighted by Gasteiger charge is -2.33. The maximum absolute atomic E-state index is 13.5. The molecule has 1 aliphatic heterocycles. The number of sulfonamides is 1. The summed E-state index contributed by atoms with van der Waals surface area (Å²) in [6.07, 6.45) is 1.91. The number of aromatic nitrogens is 3. The van der Waals surface area contributed by atoms with Crippen LogP contribution in [0.1, 0.15) is 19.3 Å². The maximum Gasteiger partial charge on any atom is 0.243 e. The van der Waals surface area contributed by atoms with E-state index in [1.54, 1.807) is 49.2 Å². The smallest absolute Gasteiger partial charge is 0.243 e. The van der Waals surface area contributed by atoms with Gasteiger partial charge in [-0.05, 0) is 43.2 Å². The highest BCUT2D eigenvalue weighted by Gasteiger charge is 2.38. The molecule has 1 aromatic heterocycles. The molecule has 1 N–H and O–H groups in total. The molecular weight excluding hydrogens is 446 g/mol. The number of fused-ring (bicyclic) bond motifs is 1. The first kappa shape index (κ1) is 23.1. The number of nitrogens with one attached hydrogen (secondary N) is 1. The van der Waals surface area contributed by atoms with Gasteiger partial charge in [-0.15, -0.1) is 5.10 Å². The zero-order valence-electron chi connectivity index (χ0n) is 18.6. The number of rotatable bonds is 8. The number of hydrogen-bond donors (Lipinski definition) is 1. The molecule has 3 aromatic rings. The number of amides is 1. The average Bonchev–Trinajstić information content (AvgIpc) is 3.25. The van der Waals surface area contributed by atoms with Crippen LogP contribution in [0.2, 0.25) is 0 Å². The summed E-state index contributed by atoms with van der Waals surface area (Å²) in [5.41, 5.74) is 1.75. The molecule has 0 unspecified atom stereocenters. The maximum atomic E-state index is 13.5. The molecule has 0 saturated carbocycles. The molecule has 0 aliphatic carbocycles. The van der Waals surface area contributed by atoms with Crippen LogP contribution >= 0.6 is 0 Å². The van der Waals surface area contributed by atoms with Crippen molar-refractivity contribution in [3.8, 4) is 5.75 Å². The number of carbonyl (C=O) groups excluding carboxylic acids is 1. The molecule has 4 rings (SSSR count). The summed E-state index contributed by atoms with van der Waals surface area (Å²) in [6, 6.07) is 10.9. The normalized spacial score (nSPS) is 17.2. The molecule has 1 fully saturated rings. The number of anilines is 1. The fraction of sp³-hybridized carbons (Fsp3) is 0.409. The molecule has 10 nitrogen and oxygen atoms in total. The molecule has 2 heterocycles. The summed E-state index contributed by atoms with van der Waals surface area (Å²) in [7, 11) is -0.769. The molecule has 1 aliphatic rings. The number of ether oxygens (including phenoxy) is 2. The molecule has 0 spiro atoms. The van der Waals surface area contributed by atoms with E-state index in [9.17, 15) is 13.2 Å². The SMILES string of the molecule is COCCn1nnc2cc(S(=O)(=O)N3CCCC[C@@H]3C(=O)Nc3cccc(OC)c3)ccc21. The fourth-order valence-corrected chi connectivity index (χ4v) is 5.65. The molecule has 1 saturated heterocycles. The molecule has 0 radical (unpaired) electrons. The quantitative estimate of drug-likeness (QED) is 0.534. The second kappa shape index (κ2) is 9.86. The topological polar surface area (TPSA) is 116 Å². The van der Waals surface area contributed by atoms with Crippen LogP contribution in [0.15, 0.2) is 47.4 Å². The fourth-order valence-electron chi connectivity index (χ4n) is 3.97. The van der Waals surface area contributed by atoms with Gasteiger partial charge in [0, 0.05) is 25.4 Å². The van der Waals surface area contributed by atoms with Crippen LogP contribution in [0, 0.1) is 0 Å². The van der Waals surface area contributed by atoms with Crippen molar-refractivity contribution in [2.75, 3.05) is 32.7 Å². The first-order valence-electron chi connectivity index (χ1n) is 10.7. The predicted molar refractivity (Wildman–Crippen MR) is 123 cm³/mol. The molecule has 11 heteroatoms. The Morgan fingerprint density at radius 1 is 1.18 bits per heavy atom. The number of nitrogens with zero attached hydrogens (tertiary/aromatic N) is 4. The van der Waals surface area contributed by atoms with Crippen LogP contribution in [0.25, 0.3) is 11.0 Å². The summed E-state index contributed by atoms with van der Waals surface area (Å²) in [4.78, 5) is 13.2. The van der Waals surface area contributed by atoms with E-state index in [-0.39, 0.29) is 17.3 Å². The zero-order valence-corrected chi connectivity index (χ0v) is 19.4. The van der Waals surface area contributed by atoms with Crippen molar-refractivity contribution >= 4 is 32.7 Å². The molecule has 2 aromatic carbocycles. The van der Waals surface area contributed by atoms with Crippen molar-refractivity contribution < 1.29 is 22.7 Å². The minimum absolute atomic E-state index is 0.0925. The highest BCUT2D eigenvalue weighted by molar-refractivity contribution is 7.89. The van der Waals surface area contributed by atoms with Gasteiger partial charge in [0.15, 0.2) is 0 Å². The van der Waals surface area contributed by atoms with Crippen molar-refractivity contribution in [2.24, 2.45) is 0 Å². The van der Waals surface area contributed by atoms with Crippen LogP contribution in [0.5, 0.6) is 5.75 Å². The van der Waals surface area contributed by atoms with E-state index >= 15 is 0 Å². The van der Waals surface area contributed by atoms with E-state index in [1.165, 1.54) is 16.4 Å². The third-order valence-corrected chi connectivity index (χ3v) is 7.60. The zero-order chi connectivity index (χ0) is 23.4. The third-order valence-electron chi connectivity index (χ3n) is 5.69. The van der Waals surface area contributed by atoms with Gasteiger partial charge in [-0.3, -0.25) is 4.79 Å². The van der Waals surface area contributed by atoms with E-state index in [0.29, 0.717) is 42.9 Å². The van der Waals surface area contributed by atoms with E-state index in [4.69, 9.17) is 9.47 Å². The van der Waals surface area contributed by atoms with Gasteiger partial charge >= 0.3 is 0 Å². The second-order valence-electron chi connectivity index (χ2n) is 7.80. The Labute approximate surface area is 192 Å². The first-order chi connectivity index (χ1) is 15.9. The average molecular weight is 474 g/mol. The van der Waals surface area contributed by atoms with Gasteiger partial charge in [-0.2, -0.15) is 4.31 Å². The Morgan fingerprint density at radius 2 is 2.03 bits per heavy atom. The highest BCUT2D eigenvalue weighted by atomic mass is 32.2. The number of hydrogen-bond acceptors (Lipinski definition) is 7. The molecule has 1 atom stereocenters. The molecule has 1 amide bonds. The van der Waals surface area contributed by atoms with Gasteiger partial charge in [0.2, 0.25) is 15.9 Å². The Kier molecular flexibility index (Phi) is 6.91. The lowest BCUT2D eigenvalue weighted by Crippen LogP contribution is -2.49. The third kappa shape index (κ3) is 4.85. The lowest BCUT2D eigenvalue weighted by atomic mass is 10.0. The van der Waals surface area contributed by atoms with Crippen molar-refractivity contribution in [1.82, 2.24) is 19.3 Å². The van der Waals surface area contributed by atoms with Gasteiger partial charge in [0.1, 0.15) is 17.3 Å². The molecule has 0 bridgehead atoms. The summed E-state index contributed by atoms with van der Waals surface area (Å²) in [5.74, 6) is 0.242. The number of carbonyl (C=O) groups is 1. The Bertz CT molecular complexity index is 1240. The minimum Gasteiger partial charge on any atom is -0.497 e. The first-order valence-corrected chi connectivity index (χ1v) is 12.2. The molecule has 176 valence electrons.